The standard InChI is InChI=1S/C14H18O3/c1-2-17-14(15)10-12-16-11-6-9-13-7-4-3-5-8-13/h3-9H,2,10-12H2,1H3/b9-6+. The van der Waals surface area contributed by atoms with Crippen molar-refractivity contribution < 1.29 is 14.3 Å². The first-order valence-corrected chi connectivity index (χ1v) is 5.78. The van der Waals surface area contributed by atoms with Crippen molar-refractivity contribution in [2.75, 3.05) is 19.8 Å². The van der Waals surface area contributed by atoms with Crippen LogP contribution < -0.4 is 0 Å². The van der Waals surface area contributed by atoms with Gasteiger partial charge >= 0.3 is 5.97 Å². The number of benzene rings is 1. The number of ether oxygens (including phenoxy) is 2. The van der Waals surface area contributed by atoms with Crippen molar-refractivity contribution in [1.29, 1.82) is 0 Å². The monoisotopic (exact) mass is 234 g/mol. The van der Waals surface area contributed by atoms with Gasteiger partial charge in [0.15, 0.2) is 0 Å². The van der Waals surface area contributed by atoms with Crippen LogP contribution in [0.5, 0.6) is 0 Å². The fourth-order valence-electron chi connectivity index (χ4n) is 1.29. The molecular weight excluding hydrogens is 216 g/mol. The normalized spacial score (nSPS) is 10.6. The summed E-state index contributed by atoms with van der Waals surface area (Å²) in [6.45, 7) is 3.13. The van der Waals surface area contributed by atoms with Crippen LogP contribution in [0.1, 0.15) is 18.9 Å². The summed E-state index contributed by atoms with van der Waals surface area (Å²) in [6.07, 6.45) is 4.23. The van der Waals surface area contributed by atoms with Crippen molar-refractivity contribution in [3.8, 4) is 0 Å². The van der Waals surface area contributed by atoms with Crippen LogP contribution in [0.25, 0.3) is 6.08 Å². The predicted molar refractivity (Wildman–Crippen MR) is 67.5 cm³/mol. The molecule has 0 saturated carbocycles. The summed E-state index contributed by atoms with van der Waals surface area (Å²) in [4.78, 5) is 11.0. The summed E-state index contributed by atoms with van der Waals surface area (Å²) >= 11 is 0. The molecule has 0 saturated heterocycles. The average Bonchev–Trinajstić information content (AvgIpc) is 2.35. The molecule has 1 aromatic carbocycles. The van der Waals surface area contributed by atoms with Gasteiger partial charge < -0.3 is 9.47 Å². The lowest BCUT2D eigenvalue weighted by molar-refractivity contribution is -0.144. The first kappa shape index (κ1) is 13.5. The van der Waals surface area contributed by atoms with Crippen LogP contribution in [0.2, 0.25) is 0 Å². The highest BCUT2D eigenvalue weighted by Crippen LogP contribution is 2.00. The van der Waals surface area contributed by atoms with E-state index in [0.717, 1.165) is 5.56 Å². The van der Waals surface area contributed by atoms with Gasteiger partial charge in [0.1, 0.15) is 0 Å². The highest BCUT2D eigenvalue weighted by atomic mass is 16.5. The molecule has 0 aliphatic heterocycles. The summed E-state index contributed by atoms with van der Waals surface area (Å²) in [6, 6.07) is 10.00. The maximum Gasteiger partial charge on any atom is 0.308 e. The van der Waals surface area contributed by atoms with Gasteiger partial charge in [-0.1, -0.05) is 42.5 Å². The van der Waals surface area contributed by atoms with E-state index in [0.29, 0.717) is 26.2 Å². The zero-order valence-corrected chi connectivity index (χ0v) is 10.1. The van der Waals surface area contributed by atoms with Gasteiger partial charge in [0.2, 0.25) is 0 Å². The van der Waals surface area contributed by atoms with Crippen molar-refractivity contribution in [1.82, 2.24) is 0 Å². The molecule has 0 fully saturated rings. The van der Waals surface area contributed by atoms with Crippen LogP contribution in [-0.4, -0.2) is 25.8 Å². The second-order valence-electron chi connectivity index (χ2n) is 3.44. The van der Waals surface area contributed by atoms with Crippen molar-refractivity contribution in [3.05, 3.63) is 42.0 Å². The van der Waals surface area contributed by atoms with Gasteiger partial charge in [0.25, 0.3) is 0 Å². The number of hydrogen-bond acceptors (Lipinski definition) is 3. The summed E-state index contributed by atoms with van der Waals surface area (Å²) in [5, 5.41) is 0. The quantitative estimate of drug-likeness (QED) is 0.537. The van der Waals surface area contributed by atoms with E-state index in [1.165, 1.54) is 0 Å². The SMILES string of the molecule is CCOC(=O)CCOC/C=C/c1ccccc1. The van der Waals surface area contributed by atoms with Crippen molar-refractivity contribution in [2.45, 2.75) is 13.3 Å². The molecule has 0 heterocycles. The molecule has 0 aliphatic rings. The molecule has 3 heteroatoms. The first-order valence-electron chi connectivity index (χ1n) is 5.78. The Balaban J connectivity index is 2.08. The minimum Gasteiger partial charge on any atom is -0.466 e. The van der Waals surface area contributed by atoms with Crippen LogP contribution in [0.4, 0.5) is 0 Å². The third-order valence-electron chi connectivity index (χ3n) is 2.08. The summed E-state index contributed by atoms with van der Waals surface area (Å²) < 4.78 is 10.1. The number of esters is 1. The van der Waals surface area contributed by atoms with E-state index in [2.05, 4.69) is 0 Å². The van der Waals surface area contributed by atoms with Crippen LogP contribution in [0.3, 0.4) is 0 Å². The molecule has 1 rings (SSSR count). The van der Waals surface area contributed by atoms with E-state index in [4.69, 9.17) is 9.47 Å². The number of carbonyl (C=O) groups is 1. The van der Waals surface area contributed by atoms with E-state index in [1.807, 2.05) is 42.5 Å². The van der Waals surface area contributed by atoms with Crippen LogP contribution in [0.15, 0.2) is 36.4 Å². The largest absolute Gasteiger partial charge is 0.466 e. The second kappa shape index (κ2) is 8.53. The van der Waals surface area contributed by atoms with E-state index < -0.39 is 0 Å². The zero-order chi connectivity index (χ0) is 12.3. The molecule has 0 unspecified atom stereocenters. The maximum absolute atomic E-state index is 11.0. The Morgan fingerprint density at radius 1 is 1.29 bits per heavy atom. The Bertz CT molecular complexity index is 344. The Morgan fingerprint density at radius 2 is 2.06 bits per heavy atom. The number of rotatable bonds is 7. The molecule has 92 valence electrons. The molecule has 0 N–H and O–H groups in total. The van der Waals surface area contributed by atoms with E-state index in [-0.39, 0.29) is 5.97 Å². The summed E-state index contributed by atoms with van der Waals surface area (Å²) in [5.41, 5.74) is 1.14. The van der Waals surface area contributed by atoms with E-state index in [9.17, 15) is 4.79 Å². The molecule has 3 nitrogen and oxygen atoms in total. The summed E-state index contributed by atoms with van der Waals surface area (Å²) in [5.74, 6) is -0.209. The van der Waals surface area contributed by atoms with Gasteiger partial charge in [-0.2, -0.15) is 0 Å². The lowest BCUT2D eigenvalue weighted by atomic mass is 10.2. The molecule has 0 amide bonds. The smallest absolute Gasteiger partial charge is 0.308 e. The van der Waals surface area contributed by atoms with Crippen molar-refractivity contribution in [2.24, 2.45) is 0 Å². The average molecular weight is 234 g/mol. The highest BCUT2D eigenvalue weighted by Gasteiger charge is 1.99. The van der Waals surface area contributed by atoms with Gasteiger partial charge in [-0.25, -0.2) is 0 Å². The Hall–Kier alpha value is -1.61. The molecule has 17 heavy (non-hydrogen) atoms. The second-order valence-corrected chi connectivity index (χ2v) is 3.44. The Kier molecular flexibility index (Phi) is 6.75. The fourth-order valence-corrected chi connectivity index (χ4v) is 1.29. The molecule has 0 bridgehead atoms. The molecule has 0 atom stereocenters. The molecule has 1 aromatic rings. The minimum absolute atomic E-state index is 0.209. The Labute approximate surface area is 102 Å². The molecule has 0 aromatic heterocycles. The summed E-state index contributed by atoms with van der Waals surface area (Å²) in [7, 11) is 0. The topological polar surface area (TPSA) is 35.5 Å². The minimum atomic E-state index is -0.209. The lowest BCUT2D eigenvalue weighted by Gasteiger charge is -2.01. The van der Waals surface area contributed by atoms with Crippen molar-refractivity contribution in [3.63, 3.8) is 0 Å². The fraction of sp³-hybridized carbons (Fsp3) is 0.357. The highest BCUT2D eigenvalue weighted by molar-refractivity contribution is 5.69. The van der Waals surface area contributed by atoms with Gasteiger partial charge in [0, 0.05) is 0 Å². The maximum atomic E-state index is 11.0. The number of hydrogen-bond donors (Lipinski definition) is 0. The molecular formula is C14H18O3. The molecule has 0 aliphatic carbocycles. The predicted octanol–water partition coefficient (Wildman–Crippen LogP) is 2.67. The first-order chi connectivity index (χ1) is 8.33. The zero-order valence-electron chi connectivity index (χ0n) is 10.1. The third-order valence-corrected chi connectivity index (χ3v) is 2.08. The van der Waals surface area contributed by atoms with Gasteiger partial charge in [-0.3, -0.25) is 4.79 Å². The van der Waals surface area contributed by atoms with Crippen LogP contribution in [0, 0.1) is 0 Å². The molecule has 0 spiro atoms. The van der Waals surface area contributed by atoms with Crippen LogP contribution in [-0.2, 0) is 14.3 Å². The number of carbonyl (C=O) groups excluding carboxylic acids is 1. The van der Waals surface area contributed by atoms with Crippen LogP contribution >= 0.6 is 0 Å². The van der Waals surface area contributed by atoms with E-state index in [1.54, 1.807) is 6.92 Å². The van der Waals surface area contributed by atoms with E-state index >= 15 is 0 Å². The van der Waals surface area contributed by atoms with Gasteiger partial charge in [-0.15, -0.1) is 0 Å². The van der Waals surface area contributed by atoms with Gasteiger partial charge in [0.05, 0.1) is 26.2 Å². The van der Waals surface area contributed by atoms with Crippen molar-refractivity contribution >= 4 is 12.0 Å². The Morgan fingerprint density at radius 3 is 2.76 bits per heavy atom. The third kappa shape index (κ3) is 6.53. The lowest BCUT2D eigenvalue weighted by Crippen LogP contribution is -2.07. The van der Waals surface area contributed by atoms with Gasteiger partial charge in [-0.05, 0) is 12.5 Å². The molecule has 0 radical (unpaired) electrons.